The van der Waals surface area contributed by atoms with Crippen molar-refractivity contribution in [2.45, 2.75) is 6.92 Å². The number of ether oxygens (including phenoxy) is 1. The topological polar surface area (TPSA) is 43.4 Å². The quantitative estimate of drug-likeness (QED) is 0.787. The van der Waals surface area contributed by atoms with Crippen molar-refractivity contribution in [3.05, 3.63) is 45.5 Å². The van der Waals surface area contributed by atoms with Gasteiger partial charge in [-0.25, -0.2) is 0 Å². The summed E-state index contributed by atoms with van der Waals surface area (Å²) in [6, 6.07) is 5.28. The van der Waals surface area contributed by atoms with E-state index in [0.717, 1.165) is 11.6 Å². The molecule has 0 heterocycles. The molecule has 0 saturated heterocycles. The van der Waals surface area contributed by atoms with Crippen LogP contribution in [-0.2, 0) is 9.59 Å². The Hall–Kier alpha value is -1.58. The smallest absolute Gasteiger partial charge is 0.216 e. The first kappa shape index (κ1) is 13.8. The molecule has 0 fully saturated rings. The molecule has 1 aliphatic carbocycles. The van der Waals surface area contributed by atoms with Gasteiger partial charge in [-0.3, -0.25) is 9.59 Å². The first-order valence-corrected chi connectivity index (χ1v) is 6.22. The van der Waals surface area contributed by atoms with Crippen LogP contribution < -0.4 is 4.74 Å². The molecule has 0 bridgehead atoms. The predicted octanol–water partition coefficient (Wildman–Crippen LogP) is 3.23. The number of benzene rings is 1. The number of hydrogen-bond acceptors (Lipinski definition) is 3. The van der Waals surface area contributed by atoms with Crippen molar-refractivity contribution < 1.29 is 14.3 Å². The van der Waals surface area contributed by atoms with Crippen LogP contribution in [0.25, 0.3) is 5.57 Å². The van der Waals surface area contributed by atoms with E-state index in [4.69, 9.17) is 27.9 Å². The highest BCUT2D eigenvalue weighted by Crippen LogP contribution is 2.35. The van der Waals surface area contributed by atoms with E-state index < -0.39 is 11.6 Å². The van der Waals surface area contributed by atoms with Crippen molar-refractivity contribution in [2.24, 2.45) is 0 Å². The molecule has 0 saturated carbocycles. The predicted molar refractivity (Wildman–Crippen MR) is 74.5 cm³/mol. The van der Waals surface area contributed by atoms with Gasteiger partial charge in [0.2, 0.25) is 5.78 Å². The Labute approximate surface area is 120 Å². The van der Waals surface area contributed by atoms with E-state index in [-0.39, 0.29) is 15.6 Å². The van der Waals surface area contributed by atoms with Crippen molar-refractivity contribution in [3.63, 3.8) is 0 Å². The molecular weight excluding hydrogens is 287 g/mol. The summed E-state index contributed by atoms with van der Waals surface area (Å²) in [5.41, 5.74) is 1.57. The average Bonchev–Trinajstić information content (AvgIpc) is 2.37. The minimum Gasteiger partial charge on any atom is -0.496 e. The number of methoxy groups -OCH3 is 1. The van der Waals surface area contributed by atoms with Crippen LogP contribution >= 0.6 is 23.2 Å². The summed E-state index contributed by atoms with van der Waals surface area (Å²) < 4.78 is 5.23. The number of rotatable bonds is 2. The Morgan fingerprint density at radius 1 is 1.16 bits per heavy atom. The van der Waals surface area contributed by atoms with Gasteiger partial charge in [-0.1, -0.05) is 35.3 Å². The SMILES string of the molecule is COc1cc(C)ccc1C1=C(Cl)C(=O)C(Cl)=CC1=O. The second kappa shape index (κ2) is 5.19. The number of allylic oxidation sites excluding steroid dienone is 4. The number of halogens is 2. The Kier molecular flexibility index (Phi) is 3.78. The fourth-order valence-corrected chi connectivity index (χ4v) is 2.37. The fourth-order valence-electron chi connectivity index (χ4n) is 1.84. The monoisotopic (exact) mass is 296 g/mol. The maximum atomic E-state index is 12.0. The van der Waals surface area contributed by atoms with Crippen LogP contribution in [0.1, 0.15) is 11.1 Å². The van der Waals surface area contributed by atoms with Crippen LogP contribution in [0, 0.1) is 6.92 Å². The summed E-state index contributed by atoms with van der Waals surface area (Å²) in [5, 5.41) is -0.357. The zero-order chi connectivity index (χ0) is 14.2. The van der Waals surface area contributed by atoms with Crippen LogP contribution in [0.5, 0.6) is 5.75 Å². The summed E-state index contributed by atoms with van der Waals surface area (Å²) in [4.78, 5) is 23.7. The highest BCUT2D eigenvalue weighted by molar-refractivity contribution is 6.62. The highest BCUT2D eigenvalue weighted by atomic mass is 35.5. The van der Waals surface area contributed by atoms with Crippen LogP contribution in [0.2, 0.25) is 0 Å². The second-order valence-corrected chi connectivity index (χ2v) is 4.86. The Morgan fingerprint density at radius 2 is 1.84 bits per heavy atom. The lowest BCUT2D eigenvalue weighted by Gasteiger charge is -2.15. The van der Waals surface area contributed by atoms with Gasteiger partial charge in [0.25, 0.3) is 0 Å². The normalized spacial score (nSPS) is 15.7. The molecule has 1 aliphatic rings. The molecule has 2 rings (SSSR count). The lowest BCUT2D eigenvalue weighted by molar-refractivity contribution is -0.113. The van der Waals surface area contributed by atoms with Gasteiger partial charge in [0.05, 0.1) is 17.7 Å². The molecule has 0 radical (unpaired) electrons. The number of hydrogen-bond donors (Lipinski definition) is 0. The third-order valence-corrected chi connectivity index (χ3v) is 3.41. The molecule has 0 amide bonds. The van der Waals surface area contributed by atoms with Crippen LogP contribution in [-0.4, -0.2) is 18.7 Å². The standard InChI is InChI=1S/C14H10Cl2O3/c1-7-3-4-8(11(5-7)19-2)12-10(17)6-9(15)14(18)13(12)16/h3-6H,1-2H3. The molecule has 0 aromatic heterocycles. The Morgan fingerprint density at radius 3 is 2.47 bits per heavy atom. The molecule has 98 valence electrons. The largest absolute Gasteiger partial charge is 0.496 e. The molecule has 1 aromatic carbocycles. The van der Waals surface area contributed by atoms with E-state index in [9.17, 15) is 9.59 Å². The lowest BCUT2D eigenvalue weighted by Crippen LogP contribution is -2.14. The number of carbonyl (C=O) groups is 2. The fraction of sp³-hybridized carbons (Fsp3) is 0.143. The van der Waals surface area contributed by atoms with E-state index in [0.29, 0.717) is 11.3 Å². The van der Waals surface area contributed by atoms with Crippen molar-refractivity contribution in [1.29, 1.82) is 0 Å². The zero-order valence-corrected chi connectivity index (χ0v) is 11.8. The molecular formula is C14H10Cl2O3. The van der Waals surface area contributed by atoms with E-state index in [1.165, 1.54) is 7.11 Å². The summed E-state index contributed by atoms with van der Waals surface area (Å²) in [5.74, 6) is -0.474. The summed E-state index contributed by atoms with van der Waals surface area (Å²) in [6.07, 6.45) is 1.07. The average molecular weight is 297 g/mol. The van der Waals surface area contributed by atoms with Gasteiger partial charge in [0.15, 0.2) is 5.78 Å². The van der Waals surface area contributed by atoms with E-state index in [1.54, 1.807) is 12.1 Å². The van der Waals surface area contributed by atoms with Crippen LogP contribution in [0.15, 0.2) is 34.3 Å². The molecule has 0 unspecified atom stereocenters. The van der Waals surface area contributed by atoms with Crippen LogP contribution in [0.4, 0.5) is 0 Å². The van der Waals surface area contributed by atoms with Crippen molar-refractivity contribution >= 4 is 40.3 Å². The number of ketones is 2. The van der Waals surface area contributed by atoms with E-state index in [2.05, 4.69) is 0 Å². The lowest BCUT2D eigenvalue weighted by atomic mass is 9.94. The summed E-state index contributed by atoms with van der Waals surface area (Å²) >= 11 is 11.6. The second-order valence-electron chi connectivity index (χ2n) is 4.08. The zero-order valence-electron chi connectivity index (χ0n) is 10.3. The molecule has 5 heteroatoms. The van der Waals surface area contributed by atoms with E-state index >= 15 is 0 Å². The molecule has 0 N–H and O–H groups in total. The number of Topliss-reactive ketones (excluding diaryl/α,β-unsaturated/α-hetero) is 1. The number of aryl methyl sites for hydroxylation is 1. The minimum absolute atomic E-state index is 0.118. The van der Waals surface area contributed by atoms with Gasteiger partial charge >= 0.3 is 0 Å². The third kappa shape index (κ3) is 2.44. The minimum atomic E-state index is -0.555. The van der Waals surface area contributed by atoms with Crippen molar-refractivity contribution in [1.82, 2.24) is 0 Å². The Bertz CT molecular complexity index is 642. The molecule has 0 aliphatic heterocycles. The highest BCUT2D eigenvalue weighted by Gasteiger charge is 2.29. The summed E-state index contributed by atoms with van der Waals surface area (Å²) in [7, 11) is 1.49. The first-order valence-electron chi connectivity index (χ1n) is 5.46. The first-order chi connectivity index (χ1) is 8.95. The third-order valence-electron chi connectivity index (χ3n) is 2.77. The van der Waals surface area contributed by atoms with Crippen molar-refractivity contribution in [2.75, 3.05) is 7.11 Å². The molecule has 19 heavy (non-hydrogen) atoms. The Balaban J connectivity index is 2.65. The van der Waals surface area contributed by atoms with Gasteiger partial charge in [0.1, 0.15) is 10.8 Å². The van der Waals surface area contributed by atoms with Crippen molar-refractivity contribution in [3.8, 4) is 5.75 Å². The van der Waals surface area contributed by atoms with Gasteiger partial charge in [-0.05, 0) is 18.6 Å². The van der Waals surface area contributed by atoms with Gasteiger partial charge in [-0.2, -0.15) is 0 Å². The summed E-state index contributed by atoms with van der Waals surface area (Å²) in [6.45, 7) is 1.90. The molecule has 0 spiro atoms. The molecule has 0 atom stereocenters. The molecule has 1 aromatic rings. The number of carbonyl (C=O) groups excluding carboxylic acids is 2. The van der Waals surface area contributed by atoms with Gasteiger partial charge in [-0.15, -0.1) is 0 Å². The van der Waals surface area contributed by atoms with Gasteiger partial charge in [0, 0.05) is 11.6 Å². The maximum Gasteiger partial charge on any atom is 0.216 e. The molecule has 3 nitrogen and oxygen atoms in total. The van der Waals surface area contributed by atoms with Crippen LogP contribution in [0.3, 0.4) is 0 Å². The van der Waals surface area contributed by atoms with Gasteiger partial charge < -0.3 is 4.74 Å². The maximum absolute atomic E-state index is 12.0. The van der Waals surface area contributed by atoms with E-state index in [1.807, 2.05) is 13.0 Å².